The maximum absolute atomic E-state index is 6.43. The van der Waals surface area contributed by atoms with Crippen LogP contribution in [0.25, 0.3) is 11.5 Å². The van der Waals surface area contributed by atoms with Crippen LogP contribution in [0, 0.1) is 13.8 Å². The topological polar surface area (TPSA) is 63.0 Å². The molecule has 204 valence electrons. The third-order valence-corrected chi connectivity index (χ3v) is 8.23. The fraction of sp³-hybridized carbons (Fsp3) is 0.531. The van der Waals surface area contributed by atoms with Gasteiger partial charge in [-0.2, -0.15) is 0 Å². The smallest absolute Gasteiger partial charge is 0.226 e. The summed E-state index contributed by atoms with van der Waals surface area (Å²) in [5.74, 6) is 1.46. The Balaban J connectivity index is 1.16. The van der Waals surface area contributed by atoms with E-state index in [1.165, 1.54) is 5.56 Å². The second-order valence-corrected chi connectivity index (χ2v) is 11.7. The molecule has 3 aromatic rings. The Morgan fingerprint density at radius 1 is 0.868 bits per heavy atom. The van der Waals surface area contributed by atoms with Crippen molar-refractivity contribution in [3.8, 4) is 11.5 Å². The molecule has 0 unspecified atom stereocenters. The number of nitrogens with zero attached hydrogens (tertiary/aromatic N) is 1. The fourth-order valence-electron chi connectivity index (χ4n) is 5.14. The molecule has 0 N–H and O–H groups in total. The van der Waals surface area contributed by atoms with Crippen molar-refractivity contribution in [3.05, 3.63) is 76.7 Å². The van der Waals surface area contributed by atoms with Gasteiger partial charge in [0.15, 0.2) is 6.29 Å². The minimum Gasteiger partial charge on any atom is -0.441 e. The highest BCUT2D eigenvalue weighted by Crippen LogP contribution is 2.45. The van der Waals surface area contributed by atoms with Crippen LogP contribution in [-0.4, -0.2) is 28.4 Å². The molecule has 1 saturated heterocycles. The van der Waals surface area contributed by atoms with E-state index in [0.29, 0.717) is 19.1 Å². The van der Waals surface area contributed by atoms with Crippen molar-refractivity contribution in [2.75, 3.05) is 0 Å². The number of ether oxygens (including phenoxy) is 4. The molecule has 2 heterocycles. The van der Waals surface area contributed by atoms with Gasteiger partial charge in [0.05, 0.1) is 36.6 Å². The summed E-state index contributed by atoms with van der Waals surface area (Å²) in [7, 11) is 0. The molecule has 5 rings (SSSR count). The molecule has 0 radical (unpaired) electrons. The van der Waals surface area contributed by atoms with Gasteiger partial charge >= 0.3 is 0 Å². The highest BCUT2D eigenvalue weighted by atomic mass is 16.7. The van der Waals surface area contributed by atoms with Crippen LogP contribution in [-0.2, 0) is 32.2 Å². The van der Waals surface area contributed by atoms with Gasteiger partial charge in [0.2, 0.25) is 5.89 Å². The van der Waals surface area contributed by atoms with Crippen LogP contribution >= 0.6 is 0 Å². The second-order valence-electron chi connectivity index (χ2n) is 11.7. The van der Waals surface area contributed by atoms with Gasteiger partial charge in [0.25, 0.3) is 0 Å². The number of aryl methyl sites for hydroxylation is 2. The summed E-state index contributed by atoms with van der Waals surface area (Å²) in [4.78, 5) is 4.72. The summed E-state index contributed by atoms with van der Waals surface area (Å²) < 4.78 is 31.3. The van der Waals surface area contributed by atoms with E-state index in [4.69, 9.17) is 28.3 Å². The highest BCUT2D eigenvalue weighted by Gasteiger charge is 2.49. The second kappa shape index (κ2) is 10.9. The van der Waals surface area contributed by atoms with Gasteiger partial charge in [-0.3, -0.25) is 0 Å². The molecule has 1 saturated carbocycles. The molecule has 2 atom stereocenters. The molecule has 38 heavy (non-hydrogen) atoms. The normalized spacial score (nSPS) is 23.1. The molecule has 2 aromatic carbocycles. The largest absolute Gasteiger partial charge is 0.441 e. The molecule has 1 aromatic heterocycles. The van der Waals surface area contributed by atoms with E-state index < -0.39 is 6.29 Å². The van der Waals surface area contributed by atoms with E-state index in [1.807, 2.05) is 31.2 Å². The van der Waals surface area contributed by atoms with Crippen LogP contribution in [0.2, 0.25) is 0 Å². The van der Waals surface area contributed by atoms with Crippen LogP contribution in [0.3, 0.4) is 0 Å². The molecular formula is C32H41NO5. The summed E-state index contributed by atoms with van der Waals surface area (Å²) in [5.41, 5.74) is 4.44. The predicted octanol–water partition coefficient (Wildman–Crippen LogP) is 7.61. The average molecular weight is 520 g/mol. The molecule has 0 amide bonds. The maximum Gasteiger partial charge on any atom is 0.226 e. The van der Waals surface area contributed by atoms with Gasteiger partial charge in [0, 0.05) is 11.1 Å². The first kappa shape index (κ1) is 27.1. The third-order valence-electron chi connectivity index (χ3n) is 8.23. The molecule has 2 aliphatic rings. The lowest BCUT2D eigenvalue weighted by Crippen LogP contribution is -2.41. The van der Waals surface area contributed by atoms with Crippen molar-refractivity contribution < 1.29 is 23.4 Å². The Kier molecular flexibility index (Phi) is 7.79. The molecule has 6 heteroatoms. The zero-order chi connectivity index (χ0) is 26.9. The monoisotopic (exact) mass is 519 g/mol. The van der Waals surface area contributed by atoms with Gasteiger partial charge in [-0.25, -0.2) is 4.98 Å². The number of oxazole rings is 1. The number of hydrogen-bond donors (Lipinski definition) is 0. The Morgan fingerprint density at radius 3 is 2.26 bits per heavy atom. The quantitative estimate of drug-likeness (QED) is 0.305. The zero-order valence-electron chi connectivity index (χ0n) is 23.6. The third kappa shape index (κ3) is 5.89. The van der Waals surface area contributed by atoms with Crippen molar-refractivity contribution in [1.29, 1.82) is 0 Å². The van der Waals surface area contributed by atoms with Gasteiger partial charge in [-0.1, -0.05) is 42.0 Å². The Morgan fingerprint density at radius 2 is 1.55 bits per heavy atom. The molecule has 0 bridgehead atoms. The van der Waals surface area contributed by atoms with Crippen molar-refractivity contribution in [1.82, 2.24) is 4.98 Å². The Bertz CT molecular complexity index is 1230. The van der Waals surface area contributed by atoms with E-state index in [-0.39, 0.29) is 23.4 Å². The lowest BCUT2D eigenvalue weighted by atomic mass is 9.90. The summed E-state index contributed by atoms with van der Waals surface area (Å²) >= 11 is 0. The van der Waals surface area contributed by atoms with Gasteiger partial charge < -0.3 is 23.4 Å². The van der Waals surface area contributed by atoms with Crippen LogP contribution in [0.5, 0.6) is 0 Å². The van der Waals surface area contributed by atoms with E-state index in [9.17, 15) is 0 Å². The van der Waals surface area contributed by atoms with Crippen molar-refractivity contribution >= 4 is 0 Å². The molecule has 6 nitrogen and oxygen atoms in total. The van der Waals surface area contributed by atoms with Crippen LogP contribution in [0.4, 0.5) is 0 Å². The van der Waals surface area contributed by atoms with Gasteiger partial charge in [0.1, 0.15) is 11.5 Å². The van der Waals surface area contributed by atoms with E-state index in [0.717, 1.165) is 53.8 Å². The summed E-state index contributed by atoms with van der Waals surface area (Å²) in [6, 6.07) is 16.5. The van der Waals surface area contributed by atoms with Crippen LogP contribution in [0.15, 0.2) is 52.9 Å². The number of hydrogen-bond acceptors (Lipinski definition) is 6. The first-order valence-electron chi connectivity index (χ1n) is 13.8. The number of benzene rings is 2. The minimum absolute atomic E-state index is 0.144. The summed E-state index contributed by atoms with van der Waals surface area (Å²) in [6.45, 7) is 13.3. The maximum atomic E-state index is 6.43. The minimum atomic E-state index is -0.391. The SMILES string of the molecule is Cc1cccc(-c2nc(CO[C@H]3CCC[C@@H](OCc4ccccc4C4OC(C)(C)C(C)(C)O4)C3)c(C)o2)c1. The summed E-state index contributed by atoms with van der Waals surface area (Å²) in [5, 5.41) is 0. The van der Waals surface area contributed by atoms with Crippen LogP contribution in [0.1, 0.15) is 87.8 Å². The molecule has 1 aliphatic heterocycles. The number of aromatic nitrogens is 1. The van der Waals surface area contributed by atoms with E-state index in [2.05, 4.69) is 58.9 Å². The number of rotatable bonds is 8. The molecule has 0 spiro atoms. The van der Waals surface area contributed by atoms with Crippen molar-refractivity contribution in [2.45, 2.75) is 110 Å². The standard InChI is InChI=1S/C32H41NO5/c1-21-11-9-13-23(17-21)29-33-28(22(2)36-29)20-35-26-15-10-14-25(18-26)34-19-24-12-7-8-16-27(24)30-37-31(3,4)32(5,6)38-30/h7-9,11-13,16-17,25-26,30H,10,14-15,18-20H2,1-6H3/t25-,26+/m1/s1. The first-order valence-corrected chi connectivity index (χ1v) is 13.8. The zero-order valence-corrected chi connectivity index (χ0v) is 23.6. The Labute approximate surface area is 226 Å². The van der Waals surface area contributed by atoms with Crippen molar-refractivity contribution in [2.24, 2.45) is 0 Å². The summed E-state index contributed by atoms with van der Waals surface area (Å²) in [6.07, 6.45) is 3.94. The lowest BCUT2D eigenvalue weighted by molar-refractivity contribution is -0.0922. The molecule has 1 aliphatic carbocycles. The first-order chi connectivity index (χ1) is 18.1. The predicted molar refractivity (Wildman–Crippen MR) is 147 cm³/mol. The van der Waals surface area contributed by atoms with E-state index in [1.54, 1.807) is 0 Å². The van der Waals surface area contributed by atoms with Crippen LogP contribution < -0.4 is 0 Å². The van der Waals surface area contributed by atoms with Crippen molar-refractivity contribution in [3.63, 3.8) is 0 Å². The van der Waals surface area contributed by atoms with E-state index >= 15 is 0 Å². The molecule has 2 fully saturated rings. The van der Waals surface area contributed by atoms with Gasteiger partial charge in [-0.15, -0.1) is 0 Å². The van der Waals surface area contributed by atoms with Gasteiger partial charge in [-0.05, 0) is 84.9 Å². The fourth-order valence-corrected chi connectivity index (χ4v) is 5.14. The Hall–Kier alpha value is -2.51. The highest BCUT2D eigenvalue weighted by molar-refractivity contribution is 5.54. The lowest BCUT2D eigenvalue weighted by Gasteiger charge is -2.30. The molecular weight excluding hydrogens is 478 g/mol. The average Bonchev–Trinajstić information content (AvgIpc) is 3.36.